The lowest BCUT2D eigenvalue weighted by Crippen LogP contribution is -2.23. The molecule has 1 atom stereocenters. The number of anilines is 1. The maximum absolute atomic E-state index is 12.2. The number of benzene rings is 1. The number of nitrogens with one attached hydrogen (secondary N) is 1. The Hall–Kier alpha value is -1.73. The molecule has 2 aromatic rings. The molecule has 3 rings (SSSR count). The van der Waals surface area contributed by atoms with Crippen LogP contribution in [0.25, 0.3) is 0 Å². The summed E-state index contributed by atoms with van der Waals surface area (Å²) >= 11 is 1.46. The van der Waals surface area contributed by atoms with Crippen molar-refractivity contribution >= 4 is 32.2 Å². The van der Waals surface area contributed by atoms with Gasteiger partial charge >= 0.3 is 0 Å². The Morgan fingerprint density at radius 2 is 2.08 bits per heavy atom. The number of rotatable bonds is 5. The molecule has 0 fully saturated rings. The minimum Gasteiger partial charge on any atom is -0.301 e. The van der Waals surface area contributed by atoms with Crippen LogP contribution in [0.2, 0.25) is 0 Å². The molecule has 0 bridgehead atoms. The second-order valence-electron chi connectivity index (χ2n) is 6.30. The van der Waals surface area contributed by atoms with Crippen molar-refractivity contribution in [3.05, 3.63) is 46.5 Å². The van der Waals surface area contributed by atoms with Crippen LogP contribution in [-0.4, -0.2) is 25.1 Å². The normalized spacial score (nSPS) is 17.3. The molecule has 1 aliphatic rings. The number of sulfone groups is 1. The molecule has 0 saturated heterocycles. The Kier molecular flexibility index (Phi) is 5.01. The first-order chi connectivity index (χ1) is 11.4. The fourth-order valence-electron chi connectivity index (χ4n) is 2.83. The van der Waals surface area contributed by atoms with Crippen LogP contribution < -0.4 is 5.32 Å². The molecule has 1 aliphatic carbocycles. The van der Waals surface area contributed by atoms with Gasteiger partial charge in [-0.2, -0.15) is 0 Å². The van der Waals surface area contributed by atoms with E-state index in [1.165, 1.54) is 16.2 Å². The van der Waals surface area contributed by atoms with Gasteiger partial charge in [-0.3, -0.25) is 4.79 Å². The van der Waals surface area contributed by atoms with E-state index >= 15 is 0 Å². The van der Waals surface area contributed by atoms with Gasteiger partial charge in [0.2, 0.25) is 5.91 Å². The van der Waals surface area contributed by atoms with Crippen molar-refractivity contribution in [2.45, 2.75) is 31.9 Å². The van der Waals surface area contributed by atoms with Gasteiger partial charge < -0.3 is 5.32 Å². The minimum atomic E-state index is -3.50. The molecule has 0 aliphatic heterocycles. The second-order valence-corrected chi connectivity index (χ2v) is 9.45. The number of carbonyl (C=O) groups is 1. The van der Waals surface area contributed by atoms with E-state index in [1.54, 1.807) is 24.3 Å². The average molecular weight is 364 g/mol. The monoisotopic (exact) mass is 364 g/mol. The van der Waals surface area contributed by atoms with Crippen LogP contribution in [0, 0.1) is 5.92 Å². The van der Waals surface area contributed by atoms with E-state index in [0.717, 1.165) is 25.0 Å². The first-order valence-electron chi connectivity index (χ1n) is 7.94. The molecule has 1 heterocycles. The molecular formula is C17H20N2O3S2. The highest BCUT2D eigenvalue weighted by atomic mass is 32.2. The number of hydrogen-bond acceptors (Lipinski definition) is 5. The van der Waals surface area contributed by atoms with Crippen molar-refractivity contribution in [1.29, 1.82) is 0 Å². The average Bonchev–Trinajstić information content (AvgIpc) is 2.88. The van der Waals surface area contributed by atoms with Crippen LogP contribution >= 0.6 is 11.3 Å². The van der Waals surface area contributed by atoms with Crippen molar-refractivity contribution in [1.82, 2.24) is 4.98 Å². The first kappa shape index (κ1) is 17.1. The van der Waals surface area contributed by atoms with Crippen molar-refractivity contribution in [3.63, 3.8) is 0 Å². The number of hydrogen-bond donors (Lipinski definition) is 1. The lowest BCUT2D eigenvalue weighted by Gasteiger charge is -2.15. The zero-order valence-electron chi connectivity index (χ0n) is 13.5. The molecular weight excluding hydrogens is 344 g/mol. The summed E-state index contributed by atoms with van der Waals surface area (Å²) in [6, 6.07) is 8.88. The summed E-state index contributed by atoms with van der Waals surface area (Å²) in [4.78, 5) is 17.7. The summed E-state index contributed by atoms with van der Waals surface area (Å²) in [5.74, 6) is -0.548. The molecule has 5 nitrogen and oxygen atoms in total. The van der Waals surface area contributed by atoms with Crippen molar-refractivity contribution in [2.24, 2.45) is 5.92 Å². The molecule has 1 amide bonds. The van der Waals surface area contributed by atoms with Gasteiger partial charge in [-0.15, -0.1) is 11.3 Å². The number of aryl methyl sites for hydroxylation is 1. The van der Waals surface area contributed by atoms with Gasteiger partial charge in [0.25, 0.3) is 0 Å². The fraction of sp³-hybridized carbons (Fsp3) is 0.412. The van der Waals surface area contributed by atoms with Crippen LogP contribution in [0.1, 0.15) is 29.5 Å². The summed E-state index contributed by atoms with van der Waals surface area (Å²) < 4.78 is 24.3. The zero-order chi connectivity index (χ0) is 17.2. The number of nitrogens with zero attached hydrogens (tertiary/aromatic N) is 1. The summed E-state index contributed by atoms with van der Waals surface area (Å²) in [5.41, 5.74) is 1.73. The van der Waals surface area contributed by atoms with E-state index in [-0.39, 0.29) is 5.75 Å². The highest BCUT2D eigenvalue weighted by Crippen LogP contribution is 2.32. The molecule has 1 unspecified atom stereocenters. The highest BCUT2D eigenvalue weighted by molar-refractivity contribution is 7.91. The van der Waals surface area contributed by atoms with Gasteiger partial charge in [0.15, 0.2) is 15.0 Å². The van der Waals surface area contributed by atoms with Gasteiger partial charge in [0, 0.05) is 4.88 Å². The number of aromatic nitrogens is 1. The molecule has 0 saturated carbocycles. The third-order valence-corrected chi connectivity index (χ3v) is 6.52. The maximum Gasteiger partial charge on any atom is 0.241 e. The standard InChI is InChI=1S/C17H20N2O3S2/c1-12-7-8-14-15(9-12)23-17(18-14)19-16(20)11-24(21,22)10-13-5-3-2-4-6-13/h2-6,12H,7-11H2,1H3,(H,18,19,20). The third-order valence-electron chi connectivity index (χ3n) is 4.01. The summed E-state index contributed by atoms with van der Waals surface area (Å²) in [6.45, 7) is 2.21. The zero-order valence-corrected chi connectivity index (χ0v) is 15.1. The lowest BCUT2D eigenvalue weighted by molar-refractivity contribution is -0.113. The maximum atomic E-state index is 12.2. The Morgan fingerprint density at radius 3 is 2.83 bits per heavy atom. The lowest BCUT2D eigenvalue weighted by atomic mass is 9.93. The Balaban J connectivity index is 1.61. The molecule has 1 aromatic heterocycles. The topological polar surface area (TPSA) is 76.1 Å². The van der Waals surface area contributed by atoms with Crippen LogP contribution in [0.3, 0.4) is 0 Å². The minimum absolute atomic E-state index is 0.132. The number of fused-ring (bicyclic) bond motifs is 1. The van der Waals surface area contributed by atoms with E-state index in [4.69, 9.17) is 0 Å². The molecule has 7 heteroatoms. The smallest absolute Gasteiger partial charge is 0.241 e. The Bertz CT molecular complexity index is 829. The first-order valence-corrected chi connectivity index (χ1v) is 10.6. The van der Waals surface area contributed by atoms with Gasteiger partial charge in [0.05, 0.1) is 11.4 Å². The predicted octanol–water partition coefficient (Wildman–Crippen LogP) is 2.82. The molecule has 0 spiro atoms. The van der Waals surface area contributed by atoms with E-state index in [0.29, 0.717) is 16.6 Å². The SMILES string of the molecule is CC1CCc2nc(NC(=O)CS(=O)(=O)Cc3ccccc3)sc2C1. The summed E-state index contributed by atoms with van der Waals surface area (Å²) in [6.07, 6.45) is 3.01. The highest BCUT2D eigenvalue weighted by Gasteiger charge is 2.22. The van der Waals surface area contributed by atoms with Crippen LogP contribution in [0.5, 0.6) is 0 Å². The van der Waals surface area contributed by atoms with Crippen LogP contribution in [0.4, 0.5) is 5.13 Å². The molecule has 24 heavy (non-hydrogen) atoms. The second kappa shape index (κ2) is 7.03. The largest absolute Gasteiger partial charge is 0.301 e. The number of amides is 1. The fourth-order valence-corrected chi connectivity index (χ4v) is 5.29. The van der Waals surface area contributed by atoms with Crippen molar-refractivity contribution in [2.75, 3.05) is 11.1 Å². The third kappa shape index (κ3) is 4.42. The molecule has 128 valence electrons. The van der Waals surface area contributed by atoms with E-state index < -0.39 is 21.5 Å². The summed E-state index contributed by atoms with van der Waals surface area (Å²) in [5, 5.41) is 3.15. The molecule has 1 N–H and O–H groups in total. The van der Waals surface area contributed by atoms with Gasteiger partial charge in [-0.25, -0.2) is 13.4 Å². The van der Waals surface area contributed by atoms with Gasteiger partial charge in [0.1, 0.15) is 5.75 Å². The van der Waals surface area contributed by atoms with Crippen LogP contribution in [0.15, 0.2) is 30.3 Å². The van der Waals surface area contributed by atoms with Gasteiger partial charge in [-0.05, 0) is 30.7 Å². The van der Waals surface area contributed by atoms with E-state index in [1.807, 2.05) is 6.07 Å². The van der Waals surface area contributed by atoms with Crippen molar-refractivity contribution < 1.29 is 13.2 Å². The van der Waals surface area contributed by atoms with E-state index in [2.05, 4.69) is 17.2 Å². The predicted molar refractivity (Wildman–Crippen MR) is 95.9 cm³/mol. The summed E-state index contributed by atoms with van der Waals surface area (Å²) in [7, 11) is -3.50. The number of carbonyl (C=O) groups excluding carboxylic acids is 1. The van der Waals surface area contributed by atoms with Crippen molar-refractivity contribution in [3.8, 4) is 0 Å². The quantitative estimate of drug-likeness (QED) is 0.885. The number of thiazole rings is 1. The molecule has 0 radical (unpaired) electrons. The van der Waals surface area contributed by atoms with Gasteiger partial charge in [-0.1, -0.05) is 37.3 Å². The Labute approximate surface area is 146 Å². The van der Waals surface area contributed by atoms with Crippen LogP contribution in [-0.2, 0) is 33.2 Å². The van der Waals surface area contributed by atoms with E-state index in [9.17, 15) is 13.2 Å². The Morgan fingerprint density at radius 1 is 1.33 bits per heavy atom. The molecule has 1 aromatic carbocycles.